The van der Waals surface area contributed by atoms with Crippen LogP contribution in [0.25, 0.3) is 0 Å². The van der Waals surface area contributed by atoms with Crippen LogP contribution >= 0.6 is 24.0 Å². The Morgan fingerprint density at radius 2 is 1.93 bits per heavy atom. The lowest BCUT2D eigenvalue weighted by molar-refractivity contribution is 0.0170. The molecule has 2 N–H and O–H groups in total. The Hall–Kier alpha value is -1.10. The Labute approximate surface area is 185 Å². The van der Waals surface area contributed by atoms with Crippen LogP contribution in [0.2, 0.25) is 0 Å². The fourth-order valence-corrected chi connectivity index (χ4v) is 3.57. The molecule has 0 aromatic heterocycles. The maximum absolute atomic E-state index is 5.53. The Bertz CT molecular complexity index is 588. The molecule has 7 nitrogen and oxygen atoms in total. The summed E-state index contributed by atoms with van der Waals surface area (Å²) < 4.78 is 16.3. The molecule has 2 heterocycles. The van der Waals surface area contributed by atoms with Crippen molar-refractivity contribution < 1.29 is 14.2 Å². The fourth-order valence-electron chi connectivity index (χ4n) is 3.57. The Morgan fingerprint density at radius 1 is 1.18 bits per heavy atom. The number of nitrogens with zero attached hydrogens (tertiary/aromatic N) is 2. The number of methoxy groups -OCH3 is 1. The van der Waals surface area contributed by atoms with Crippen LogP contribution in [0.4, 0.5) is 0 Å². The van der Waals surface area contributed by atoms with Gasteiger partial charge in [-0.05, 0) is 24.1 Å². The average molecular weight is 504 g/mol. The highest BCUT2D eigenvalue weighted by Crippen LogP contribution is 2.23. The van der Waals surface area contributed by atoms with Crippen molar-refractivity contribution in [3.05, 3.63) is 29.8 Å². The second-order valence-electron chi connectivity index (χ2n) is 7.00. The standard InChI is InChI=1S/C20H32N4O3.HI/c1-21-20(22-13-16-7-10-27-15-16)23-14-19(24-8-11-26-12-9-24)17-3-5-18(25-2)6-4-17;/h3-6,16,19H,7-15H2,1-2H3,(H2,21,22,23);1H. The van der Waals surface area contributed by atoms with Crippen molar-refractivity contribution in [2.24, 2.45) is 10.9 Å². The fraction of sp³-hybridized carbons (Fsp3) is 0.650. The van der Waals surface area contributed by atoms with Crippen LogP contribution < -0.4 is 15.4 Å². The first-order valence-electron chi connectivity index (χ1n) is 9.78. The molecule has 0 radical (unpaired) electrons. The molecule has 0 amide bonds. The summed E-state index contributed by atoms with van der Waals surface area (Å²) in [5.74, 6) is 2.29. The minimum absolute atomic E-state index is 0. The van der Waals surface area contributed by atoms with Gasteiger partial charge in [-0.2, -0.15) is 0 Å². The number of guanidine groups is 1. The lowest BCUT2D eigenvalue weighted by Crippen LogP contribution is -2.47. The molecule has 28 heavy (non-hydrogen) atoms. The smallest absolute Gasteiger partial charge is 0.191 e. The number of hydrogen-bond donors (Lipinski definition) is 2. The Kier molecular flexibility index (Phi) is 10.3. The van der Waals surface area contributed by atoms with Gasteiger partial charge in [-0.3, -0.25) is 9.89 Å². The average Bonchev–Trinajstić information content (AvgIpc) is 3.25. The van der Waals surface area contributed by atoms with Gasteiger partial charge in [0.25, 0.3) is 0 Å². The predicted octanol–water partition coefficient (Wildman–Crippen LogP) is 1.89. The molecule has 0 aliphatic carbocycles. The largest absolute Gasteiger partial charge is 0.497 e. The number of hydrogen-bond acceptors (Lipinski definition) is 5. The third-order valence-corrected chi connectivity index (χ3v) is 5.26. The van der Waals surface area contributed by atoms with Crippen molar-refractivity contribution in [1.29, 1.82) is 0 Å². The van der Waals surface area contributed by atoms with E-state index in [1.807, 2.05) is 19.2 Å². The molecule has 1 aromatic rings. The molecule has 2 fully saturated rings. The molecule has 0 saturated carbocycles. The summed E-state index contributed by atoms with van der Waals surface area (Å²) in [5.41, 5.74) is 1.27. The highest BCUT2D eigenvalue weighted by Gasteiger charge is 2.23. The van der Waals surface area contributed by atoms with Gasteiger partial charge in [0, 0.05) is 45.8 Å². The normalized spacial score (nSPS) is 21.6. The van der Waals surface area contributed by atoms with E-state index in [4.69, 9.17) is 14.2 Å². The van der Waals surface area contributed by atoms with Crippen LogP contribution in [-0.2, 0) is 9.47 Å². The zero-order chi connectivity index (χ0) is 18.9. The molecule has 2 saturated heterocycles. The molecule has 1 aromatic carbocycles. The van der Waals surface area contributed by atoms with E-state index in [1.54, 1.807) is 7.11 Å². The summed E-state index contributed by atoms with van der Waals surface area (Å²) in [6.45, 7) is 6.81. The third kappa shape index (κ3) is 6.75. The van der Waals surface area contributed by atoms with Gasteiger partial charge in [0.2, 0.25) is 0 Å². The van der Waals surface area contributed by atoms with Crippen molar-refractivity contribution in [3.63, 3.8) is 0 Å². The number of aliphatic imine (C=N–C) groups is 1. The van der Waals surface area contributed by atoms with E-state index in [0.717, 1.165) is 70.7 Å². The maximum Gasteiger partial charge on any atom is 0.191 e. The molecule has 2 unspecified atom stereocenters. The maximum atomic E-state index is 5.53. The van der Waals surface area contributed by atoms with Gasteiger partial charge in [0.15, 0.2) is 5.96 Å². The van der Waals surface area contributed by atoms with E-state index in [0.29, 0.717) is 5.92 Å². The van der Waals surface area contributed by atoms with Crippen molar-refractivity contribution in [1.82, 2.24) is 15.5 Å². The van der Waals surface area contributed by atoms with Gasteiger partial charge in [-0.1, -0.05) is 12.1 Å². The van der Waals surface area contributed by atoms with Crippen LogP contribution in [0, 0.1) is 5.92 Å². The van der Waals surface area contributed by atoms with Gasteiger partial charge in [-0.15, -0.1) is 24.0 Å². The first kappa shape index (κ1) is 23.2. The molecule has 0 spiro atoms. The number of halogens is 1. The molecule has 8 heteroatoms. The summed E-state index contributed by atoms with van der Waals surface area (Å²) in [7, 11) is 3.51. The van der Waals surface area contributed by atoms with Crippen molar-refractivity contribution in [2.75, 3.05) is 66.8 Å². The Morgan fingerprint density at radius 3 is 2.54 bits per heavy atom. The minimum atomic E-state index is 0. The monoisotopic (exact) mass is 504 g/mol. The van der Waals surface area contributed by atoms with Crippen LogP contribution in [0.5, 0.6) is 5.75 Å². The number of morpholine rings is 1. The number of nitrogens with one attached hydrogen (secondary N) is 2. The summed E-state index contributed by atoms with van der Waals surface area (Å²) in [4.78, 5) is 6.85. The third-order valence-electron chi connectivity index (χ3n) is 5.26. The van der Waals surface area contributed by atoms with Crippen LogP contribution in [-0.4, -0.2) is 77.6 Å². The van der Waals surface area contributed by atoms with Crippen molar-refractivity contribution >= 4 is 29.9 Å². The first-order valence-corrected chi connectivity index (χ1v) is 9.78. The second kappa shape index (κ2) is 12.5. The highest BCUT2D eigenvalue weighted by molar-refractivity contribution is 14.0. The zero-order valence-corrected chi connectivity index (χ0v) is 19.2. The van der Waals surface area contributed by atoms with E-state index in [2.05, 4.69) is 32.7 Å². The zero-order valence-electron chi connectivity index (χ0n) is 16.9. The first-order chi connectivity index (χ1) is 13.3. The highest BCUT2D eigenvalue weighted by atomic mass is 127. The van der Waals surface area contributed by atoms with Crippen molar-refractivity contribution in [3.8, 4) is 5.75 Å². The van der Waals surface area contributed by atoms with E-state index in [9.17, 15) is 0 Å². The van der Waals surface area contributed by atoms with E-state index in [1.165, 1.54) is 5.56 Å². The molecular formula is C20H33IN4O3. The van der Waals surface area contributed by atoms with Gasteiger partial charge in [-0.25, -0.2) is 0 Å². The number of ether oxygens (including phenoxy) is 3. The summed E-state index contributed by atoms with van der Waals surface area (Å²) in [6, 6.07) is 8.60. The van der Waals surface area contributed by atoms with E-state index >= 15 is 0 Å². The molecule has 3 rings (SSSR count). The predicted molar refractivity (Wildman–Crippen MR) is 122 cm³/mol. The SMILES string of the molecule is CN=C(NCC1CCOC1)NCC(c1ccc(OC)cc1)N1CCOCC1.I. The van der Waals surface area contributed by atoms with E-state index in [-0.39, 0.29) is 30.0 Å². The summed E-state index contributed by atoms with van der Waals surface area (Å²) >= 11 is 0. The topological polar surface area (TPSA) is 67.4 Å². The molecular weight excluding hydrogens is 471 g/mol. The van der Waals surface area contributed by atoms with Crippen LogP contribution in [0.1, 0.15) is 18.0 Å². The lowest BCUT2D eigenvalue weighted by Gasteiger charge is -2.35. The Balaban J connectivity index is 0.00000280. The molecule has 2 aliphatic rings. The second-order valence-corrected chi connectivity index (χ2v) is 7.00. The van der Waals surface area contributed by atoms with Crippen molar-refractivity contribution in [2.45, 2.75) is 12.5 Å². The van der Waals surface area contributed by atoms with Crippen LogP contribution in [0.3, 0.4) is 0 Å². The molecule has 2 aliphatic heterocycles. The number of rotatable bonds is 7. The summed E-state index contributed by atoms with van der Waals surface area (Å²) in [5, 5.41) is 6.94. The van der Waals surface area contributed by atoms with Gasteiger partial charge in [0.1, 0.15) is 5.75 Å². The summed E-state index contributed by atoms with van der Waals surface area (Å²) in [6.07, 6.45) is 1.12. The van der Waals surface area contributed by atoms with Gasteiger partial charge >= 0.3 is 0 Å². The van der Waals surface area contributed by atoms with Crippen LogP contribution in [0.15, 0.2) is 29.3 Å². The number of benzene rings is 1. The quantitative estimate of drug-likeness (QED) is 0.336. The van der Waals surface area contributed by atoms with Gasteiger partial charge < -0.3 is 24.8 Å². The molecule has 158 valence electrons. The molecule has 2 atom stereocenters. The lowest BCUT2D eigenvalue weighted by atomic mass is 10.0. The minimum Gasteiger partial charge on any atom is -0.497 e. The van der Waals surface area contributed by atoms with Gasteiger partial charge in [0.05, 0.1) is 33.0 Å². The molecule has 0 bridgehead atoms. The van der Waals surface area contributed by atoms with E-state index < -0.39 is 0 Å².